The molecular formula is C19H17ClFN3OS. The number of hydrogen-bond donors (Lipinski definition) is 1. The lowest BCUT2D eigenvalue weighted by Gasteiger charge is -2.22. The van der Waals surface area contributed by atoms with E-state index in [0.29, 0.717) is 5.69 Å². The first-order chi connectivity index (χ1) is 12.6. The first-order valence-corrected chi connectivity index (χ1v) is 9.64. The molecule has 1 aliphatic heterocycles. The Bertz CT molecular complexity index is 928. The van der Waals surface area contributed by atoms with Crippen LogP contribution in [0.4, 0.5) is 10.1 Å². The number of hydrogen-bond acceptors (Lipinski definition) is 4. The molecule has 0 bridgehead atoms. The van der Waals surface area contributed by atoms with Crippen LogP contribution in [0.1, 0.15) is 23.9 Å². The average Bonchev–Trinajstić information content (AvgIpc) is 3.24. The number of carbonyl (C=O) groups excluding carboxylic acids is 1. The van der Waals surface area contributed by atoms with Gasteiger partial charge >= 0.3 is 0 Å². The number of benzene rings is 2. The summed E-state index contributed by atoms with van der Waals surface area (Å²) in [5, 5.41) is 3.84. The first kappa shape index (κ1) is 17.4. The molecule has 1 aromatic heterocycles. The van der Waals surface area contributed by atoms with Crippen LogP contribution in [0.25, 0.3) is 10.2 Å². The van der Waals surface area contributed by atoms with Crippen molar-refractivity contribution in [3.8, 4) is 0 Å². The maximum atomic E-state index is 13.2. The lowest BCUT2D eigenvalue weighted by molar-refractivity contribution is -0.117. The van der Waals surface area contributed by atoms with Crippen LogP contribution in [0.2, 0.25) is 5.02 Å². The second-order valence-electron chi connectivity index (χ2n) is 6.33. The van der Waals surface area contributed by atoms with E-state index in [4.69, 9.17) is 16.6 Å². The van der Waals surface area contributed by atoms with Crippen molar-refractivity contribution in [3.05, 3.63) is 58.3 Å². The molecule has 134 valence electrons. The van der Waals surface area contributed by atoms with Crippen molar-refractivity contribution in [2.75, 3.05) is 18.4 Å². The topological polar surface area (TPSA) is 45.2 Å². The lowest BCUT2D eigenvalue weighted by atomic mass is 10.2. The molecule has 1 fully saturated rings. The zero-order chi connectivity index (χ0) is 18.1. The van der Waals surface area contributed by atoms with Crippen molar-refractivity contribution in [2.45, 2.75) is 18.9 Å². The Kier molecular flexibility index (Phi) is 4.89. The van der Waals surface area contributed by atoms with E-state index in [0.717, 1.165) is 29.9 Å². The Morgan fingerprint density at radius 3 is 3.00 bits per heavy atom. The SMILES string of the molecule is O=C(CN1CCC[C@H]1c1nc2ccccc2s1)Nc1ccc(F)c(Cl)c1. The molecule has 0 saturated carbocycles. The van der Waals surface area contributed by atoms with Gasteiger partial charge in [0.15, 0.2) is 0 Å². The van der Waals surface area contributed by atoms with Gasteiger partial charge in [-0.1, -0.05) is 23.7 Å². The Morgan fingerprint density at radius 2 is 2.19 bits per heavy atom. The molecule has 0 unspecified atom stereocenters. The van der Waals surface area contributed by atoms with Crippen molar-refractivity contribution in [1.29, 1.82) is 0 Å². The van der Waals surface area contributed by atoms with Crippen LogP contribution >= 0.6 is 22.9 Å². The molecule has 7 heteroatoms. The number of amides is 1. The zero-order valence-electron chi connectivity index (χ0n) is 13.9. The van der Waals surface area contributed by atoms with Crippen LogP contribution in [0.5, 0.6) is 0 Å². The molecule has 3 aromatic rings. The van der Waals surface area contributed by atoms with Gasteiger partial charge in [-0.3, -0.25) is 9.69 Å². The highest BCUT2D eigenvalue weighted by Gasteiger charge is 2.30. The lowest BCUT2D eigenvalue weighted by Crippen LogP contribution is -2.32. The van der Waals surface area contributed by atoms with Gasteiger partial charge in [0.2, 0.25) is 5.91 Å². The van der Waals surface area contributed by atoms with E-state index in [2.05, 4.69) is 16.3 Å². The van der Waals surface area contributed by atoms with Crippen LogP contribution < -0.4 is 5.32 Å². The highest BCUT2D eigenvalue weighted by molar-refractivity contribution is 7.18. The maximum absolute atomic E-state index is 13.2. The van der Waals surface area contributed by atoms with E-state index in [9.17, 15) is 9.18 Å². The standard InChI is InChI=1S/C19H17ClFN3OS/c20-13-10-12(7-8-14(13)21)22-18(25)11-24-9-3-5-16(24)19-23-15-4-1-2-6-17(15)26-19/h1-2,4,6-8,10,16H,3,5,9,11H2,(H,22,25)/t16-/m0/s1. The molecule has 0 spiro atoms. The van der Waals surface area contributed by atoms with Gasteiger partial charge in [-0.15, -0.1) is 11.3 Å². The third-order valence-electron chi connectivity index (χ3n) is 4.51. The van der Waals surface area contributed by atoms with Crippen molar-refractivity contribution < 1.29 is 9.18 Å². The molecule has 1 amide bonds. The van der Waals surface area contributed by atoms with Crippen LogP contribution in [-0.4, -0.2) is 28.9 Å². The first-order valence-electron chi connectivity index (χ1n) is 8.44. The molecule has 1 saturated heterocycles. The number of anilines is 1. The monoisotopic (exact) mass is 389 g/mol. The minimum absolute atomic E-state index is 0.00340. The highest BCUT2D eigenvalue weighted by atomic mass is 35.5. The van der Waals surface area contributed by atoms with Crippen LogP contribution in [0.3, 0.4) is 0 Å². The van der Waals surface area contributed by atoms with Crippen LogP contribution in [0.15, 0.2) is 42.5 Å². The summed E-state index contributed by atoms with van der Waals surface area (Å²) in [7, 11) is 0. The van der Waals surface area contributed by atoms with Gasteiger partial charge in [0.1, 0.15) is 10.8 Å². The van der Waals surface area contributed by atoms with Gasteiger partial charge in [-0.25, -0.2) is 9.37 Å². The van der Waals surface area contributed by atoms with Crippen molar-refractivity contribution >= 4 is 44.7 Å². The smallest absolute Gasteiger partial charge is 0.238 e. The van der Waals surface area contributed by atoms with E-state index >= 15 is 0 Å². The molecule has 1 atom stereocenters. The normalized spacial score (nSPS) is 17.7. The number of nitrogens with zero attached hydrogens (tertiary/aromatic N) is 2. The average molecular weight is 390 g/mol. The molecule has 2 aromatic carbocycles. The molecule has 1 aliphatic rings. The molecule has 1 N–H and O–H groups in total. The number of likely N-dealkylation sites (tertiary alicyclic amines) is 1. The summed E-state index contributed by atoms with van der Waals surface area (Å²) < 4.78 is 14.4. The van der Waals surface area contributed by atoms with Crippen LogP contribution in [0, 0.1) is 5.82 Å². The van der Waals surface area contributed by atoms with Gasteiger partial charge in [0.25, 0.3) is 0 Å². The van der Waals surface area contributed by atoms with Crippen molar-refractivity contribution in [1.82, 2.24) is 9.88 Å². The highest BCUT2D eigenvalue weighted by Crippen LogP contribution is 2.36. The number of nitrogens with one attached hydrogen (secondary N) is 1. The molecule has 0 radical (unpaired) electrons. The van der Waals surface area contributed by atoms with Crippen molar-refractivity contribution in [3.63, 3.8) is 0 Å². The van der Waals surface area contributed by atoms with Gasteiger partial charge < -0.3 is 5.32 Å². The Morgan fingerprint density at radius 1 is 1.35 bits per heavy atom. The van der Waals surface area contributed by atoms with E-state index in [1.165, 1.54) is 22.9 Å². The largest absolute Gasteiger partial charge is 0.325 e. The fraction of sp³-hybridized carbons (Fsp3) is 0.263. The second kappa shape index (κ2) is 7.31. The van der Waals surface area contributed by atoms with Crippen LogP contribution in [-0.2, 0) is 4.79 Å². The minimum atomic E-state index is -0.500. The quantitative estimate of drug-likeness (QED) is 0.692. The third-order valence-corrected chi connectivity index (χ3v) is 5.94. The van der Waals surface area contributed by atoms with E-state index in [1.54, 1.807) is 11.3 Å². The Balaban J connectivity index is 1.46. The fourth-order valence-corrected chi connectivity index (χ4v) is 4.60. The Labute approximate surface area is 159 Å². The summed E-state index contributed by atoms with van der Waals surface area (Å²) in [5.74, 6) is -0.638. The predicted octanol–water partition coefficient (Wildman–Crippen LogP) is 4.86. The van der Waals surface area contributed by atoms with E-state index < -0.39 is 5.82 Å². The number of aromatic nitrogens is 1. The summed E-state index contributed by atoms with van der Waals surface area (Å²) in [6, 6.07) is 12.4. The predicted molar refractivity (Wildman–Crippen MR) is 103 cm³/mol. The number of thiazole rings is 1. The van der Waals surface area contributed by atoms with Gasteiger partial charge in [0, 0.05) is 5.69 Å². The third kappa shape index (κ3) is 3.58. The minimum Gasteiger partial charge on any atom is -0.325 e. The molecular weight excluding hydrogens is 373 g/mol. The van der Waals surface area contributed by atoms with Gasteiger partial charge in [0.05, 0.1) is 27.8 Å². The number of para-hydroxylation sites is 1. The van der Waals surface area contributed by atoms with E-state index in [-0.39, 0.29) is 23.5 Å². The molecule has 26 heavy (non-hydrogen) atoms. The number of carbonyl (C=O) groups is 1. The Hall–Kier alpha value is -2.02. The van der Waals surface area contributed by atoms with Crippen molar-refractivity contribution in [2.24, 2.45) is 0 Å². The van der Waals surface area contributed by atoms with Gasteiger partial charge in [-0.2, -0.15) is 0 Å². The second-order valence-corrected chi connectivity index (χ2v) is 7.79. The number of fused-ring (bicyclic) bond motifs is 1. The summed E-state index contributed by atoms with van der Waals surface area (Å²) in [4.78, 5) is 19.3. The zero-order valence-corrected chi connectivity index (χ0v) is 15.5. The number of halogens is 2. The molecule has 2 heterocycles. The molecule has 4 rings (SSSR count). The van der Waals surface area contributed by atoms with E-state index in [1.807, 2.05) is 18.2 Å². The molecule has 0 aliphatic carbocycles. The molecule has 4 nitrogen and oxygen atoms in total. The number of rotatable bonds is 4. The summed E-state index contributed by atoms with van der Waals surface area (Å²) in [6.07, 6.45) is 2.03. The summed E-state index contributed by atoms with van der Waals surface area (Å²) in [5.41, 5.74) is 1.50. The maximum Gasteiger partial charge on any atom is 0.238 e. The van der Waals surface area contributed by atoms with Gasteiger partial charge in [-0.05, 0) is 49.7 Å². The summed E-state index contributed by atoms with van der Waals surface area (Å²) >= 11 is 7.46. The fourth-order valence-electron chi connectivity index (χ4n) is 3.29. The summed E-state index contributed by atoms with van der Waals surface area (Å²) in [6.45, 7) is 1.13.